The van der Waals surface area contributed by atoms with Gasteiger partial charge >= 0.3 is 0 Å². The maximum absolute atomic E-state index is 12.1. The van der Waals surface area contributed by atoms with Gasteiger partial charge in [0.05, 0.1) is 13.2 Å². The van der Waals surface area contributed by atoms with Gasteiger partial charge in [-0.3, -0.25) is 4.79 Å². The van der Waals surface area contributed by atoms with E-state index in [0.29, 0.717) is 26.3 Å². The molecule has 1 unspecified atom stereocenters. The lowest BCUT2D eigenvalue weighted by atomic mass is 10.1. The first-order valence-corrected chi connectivity index (χ1v) is 6.97. The fraction of sp³-hybridized carbons (Fsp3) is 0.533. The molecule has 1 saturated heterocycles. The first-order valence-electron chi connectivity index (χ1n) is 6.97. The van der Waals surface area contributed by atoms with Crippen molar-refractivity contribution in [3.05, 3.63) is 29.8 Å². The highest BCUT2D eigenvalue weighted by molar-refractivity contribution is 5.77. The number of ether oxygens (including phenoxy) is 2. The van der Waals surface area contributed by atoms with Crippen LogP contribution in [0.5, 0.6) is 5.75 Å². The van der Waals surface area contributed by atoms with Crippen LogP contribution in [-0.2, 0) is 9.53 Å². The van der Waals surface area contributed by atoms with E-state index in [1.54, 1.807) is 4.90 Å². The molecule has 110 valence electrons. The Labute approximate surface area is 119 Å². The number of carbonyl (C=O) groups excluding carboxylic acids is 1. The molecule has 1 aromatic rings. The number of benzene rings is 1. The molecule has 1 aliphatic rings. The number of para-hydroxylation sites is 1. The molecule has 0 bridgehead atoms. The molecule has 20 heavy (non-hydrogen) atoms. The first kappa shape index (κ1) is 14.8. The van der Waals surface area contributed by atoms with Crippen molar-refractivity contribution in [1.82, 2.24) is 10.2 Å². The third kappa shape index (κ3) is 3.71. The molecule has 0 aromatic heterocycles. The number of carbonyl (C=O) groups is 1. The second kappa shape index (κ2) is 7.26. The molecule has 5 nitrogen and oxygen atoms in total. The van der Waals surface area contributed by atoms with Crippen molar-refractivity contribution in [2.45, 2.75) is 13.0 Å². The SMILES string of the molecule is CNC(C)c1ccccc1OCC(=O)N1CCOCC1. The second-order valence-electron chi connectivity index (χ2n) is 4.83. The fourth-order valence-corrected chi connectivity index (χ4v) is 2.17. The number of amides is 1. The fourth-order valence-electron chi connectivity index (χ4n) is 2.17. The van der Waals surface area contributed by atoms with Crippen molar-refractivity contribution in [3.63, 3.8) is 0 Å². The van der Waals surface area contributed by atoms with Crippen LogP contribution in [0.4, 0.5) is 0 Å². The Morgan fingerprint density at radius 1 is 1.40 bits per heavy atom. The molecule has 0 radical (unpaired) electrons. The second-order valence-corrected chi connectivity index (χ2v) is 4.83. The standard InChI is InChI=1S/C15H22N2O3/c1-12(16-2)13-5-3-4-6-14(13)20-11-15(18)17-7-9-19-10-8-17/h3-6,12,16H,7-11H2,1-2H3. The topological polar surface area (TPSA) is 50.8 Å². The van der Waals surface area contributed by atoms with Gasteiger partial charge in [-0.1, -0.05) is 18.2 Å². The highest BCUT2D eigenvalue weighted by Crippen LogP contribution is 2.24. The lowest BCUT2D eigenvalue weighted by Crippen LogP contribution is -2.43. The van der Waals surface area contributed by atoms with Crippen molar-refractivity contribution in [2.24, 2.45) is 0 Å². The van der Waals surface area contributed by atoms with Crippen LogP contribution in [0.2, 0.25) is 0 Å². The van der Waals surface area contributed by atoms with Crippen LogP contribution in [0.1, 0.15) is 18.5 Å². The molecule has 0 aliphatic carbocycles. The normalized spacial score (nSPS) is 16.8. The Bertz CT molecular complexity index is 444. The summed E-state index contributed by atoms with van der Waals surface area (Å²) < 4.78 is 10.9. The van der Waals surface area contributed by atoms with Crippen LogP contribution < -0.4 is 10.1 Å². The summed E-state index contributed by atoms with van der Waals surface area (Å²) in [6.45, 7) is 4.66. The molecule has 1 fully saturated rings. The summed E-state index contributed by atoms with van der Waals surface area (Å²) in [4.78, 5) is 13.8. The largest absolute Gasteiger partial charge is 0.483 e. The monoisotopic (exact) mass is 278 g/mol. The molecule has 1 aromatic carbocycles. The van der Waals surface area contributed by atoms with E-state index in [1.165, 1.54) is 0 Å². The van der Waals surface area contributed by atoms with Crippen LogP contribution in [0.15, 0.2) is 24.3 Å². The molecule has 2 rings (SSSR count). The van der Waals surface area contributed by atoms with Gasteiger partial charge in [0.1, 0.15) is 5.75 Å². The zero-order valence-corrected chi connectivity index (χ0v) is 12.1. The van der Waals surface area contributed by atoms with E-state index in [9.17, 15) is 4.79 Å². The Balaban J connectivity index is 1.94. The molecule has 1 aliphatic heterocycles. The molecule has 1 atom stereocenters. The van der Waals surface area contributed by atoms with Gasteiger partial charge < -0.3 is 19.7 Å². The number of rotatable bonds is 5. The summed E-state index contributed by atoms with van der Waals surface area (Å²) in [5.41, 5.74) is 1.06. The van der Waals surface area contributed by atoms with E-state index in [0.717, 1.165) is 11.3 Å². The average molecular weight is 278 g/mol. The molecular formula is C15H22N2O3. The zero-order valence-electron chi connectivity index (χ0n) is 12.1. The average Bonchev–Trinajstić information content (AvgIpc) is 2.53. The predicted molar refractivity (Wildman–Crippen MR) is 76.8 cm³/mol. The summed E-state index contributed by atoms with van der Waals surface area (Å²) in [7, 11) is 1.90. The van der Waals surface area contributed by atoms with Crippen LogP contribution in [0.3, 0.4) is 0 Å². The van der Waals surface area contributed by atoms with Gasteiger partial charge in [0, 0.05) is 24.7 Å². The quantitative estimate of drug-likeness (QED) is 0.879. The van der Waals surface area contributed by atoms with Gasteiger partial charge in [0.15, 0.2) is 6.61 Å². The van der Waals surface area contributed by atoms with Gasteiger partial charge in [-0.05, 0) is 20.0 Å². The van der Waals surface area contributed by atoms with E-state index in [-0.39, 0.29) is 18.6 Å². The molecule has 1 amide bonds. The number of nitrogens with zero attached hydrogens (tertiary/aromatic N) is 1. The highest BCUT2D eigenvalue weighted by atomic mass is 16.5. The van der Waals surface area contributed by atoms with Crippen molar-refractivity contribution in [1.29, 1.82) is 0 Å². The molecule has 1 N–H and O–H groups in total. The Morgan fingerprint density at radius 3 is 2.80 bits per heavy atom. The summed E-state index contributed by atoms with van der Waals surface area (Å²) in [5, 5.41) is 3.18. The van der Waals surface area contributed by atoms with Gasteiger partial charge in [-0.2, -0.15) is 0 Å². The lowest BCUT2D eigenvalue weighted by molar-refractivity contribution is -0.137. The van der Waals surface area contributed by atoms with Crippen molar-refractivity contribution in [3.8, 4) is 5.75 Å². The van der Waals surface area contributed by atoms with Gasteiger partial charge in [-0.15, -0.1) is 0 Å². The summed E-state index contributed by atoms with van der Waals surface area (Å²) in [6, 6.07) is 7.98. The minimum atomic E-state index is 0.0141. The van der Waals surface area contributed by atoms with Gasteiger partial charge in [0.25, 0.3) is 5.91 Å². The smallest absolute Gasteiger partial charge is 0.260 e. The summed E-state index contributed by atoms with van der Waals surface area (Å²) >= 11 is 0. The van der Waals surface area contributed by atoms with E-state index >= 15 is 0 Å². The Morgan fingerprint density at radius 2 is 2.10 bits per heavy atom. The van der Waals surface area contributed by atoms with E-state index < -0.39 is 0 Å². The first-order chi connectivity index (χ1) is 9.72. The molecule has 0 spiro atoms. The van der Waals surface area contributed by atoms with Gasteiger partial charge in [0.2, 0.25) is 0 Å². The molecule has 0 saturated carbocycles. The number of morpholine rings is 1. The third-order valence-corrected chi connectivity index (χ3v) is 3.53. The van der Waals surface area contributed by atoms with Crippen molar-refractivity contribution < 1.29 is 14.3 Å². The van der Waals surface area contributed by atoms with Crippen LogP contribution >= 0.6 is 0 Å². The minimum Gasteiger partial charge on any atom is -0.483 e. The summed E-state index contributed by atoms with van der Waals surface area (Å²) in [5.74, 6) is 0.774. The van der Waals surface area contributed by atoms with Crippen LogP contribution in [-0.4, -0.2) is 50.8 Å². The Kier molecular flexibility index (Phi) is 5.38. The minimum absolute atomic E-state index is 0.0141. The molecular weight excluding hydrogens is 256 g/mol. The van der Waals surface area contributed by atoms with E-state index in [4.69, 9.17) is 9.47 Å². The molecule has 5 heteroatoms. The highest BCUT2D eigenvalue weighted by Gasteiger charge is 2.18. The molecule has 1 heterocycles. The van der Waals surface area contributed by atoms with Gasteiger partial charge in [-0.25, -0.2) is 0 Å². The van der Waals surface area contributed by atoms with Crippen molar-refractivity contribution >= 4 is 5.91 Å². The van der Waals surface area contributed by atoms with E-state index in [1.807, 2.05) is 31.3 Å². The number of hydrogen-bond acceptors (Lipinski definition) is 4. The lowest BCUT2D eigenvalue weighted by Gasteiger charge is -2.27. The number of hydrogen-bond donors (Lipinski definition) is 1. The zero-order chi connectivity index (χ0) is 14.4. The third-order valence-electron chi connectivity index (χ3n) is 3.53. The number of nitrogens with one attached hydrogen (secondary N) is 1. The van der Waals surface area contributed by atoms with Crippen LogP contribution in [0, 0.1) is 0 Å². The predicted octanol–water partition coefficient (Wildman–Crippen LogP) is 1.20. The maximum Gasteiger partial charge on any atom is 0.260 e. The summed E-state index contributed by atoms with van der Waals surface area (Å²) in [6.07, 6.45) is 0. The Hall–Kier alpha value is -1.59. The van der Waals surface area contributed by atoms with Crippen molar-refractivity contribution in [2.75, 3.05) is 40.0 Å². The van der Waals surface area contributed by atoms with Crippen LogP contribution in [0.25, 0.3) is 0 Å². The van der Waals surface area contributed by atoms with E-state index in [2.05, 4.69) is 12.2 Å². The maximum atomic E-state index is 12.1.